The average Bonchev–Trinajstić information content (AvgIpc) is 3.13. The van der Waals surface area contributed by atoms with E-state index >= 15 is 0 Å². The van der Waals surface area contributed by atoms with Gasteiger partial charge in [0.25, 0.3) is 0 Å². The van der Waals surface area contributed by atoms with Crippen molar-refractivity contribution in [3.05, 3.63) is 52.6 Å². The standard InChI is InChI=1S/C19H17ClO6/c1-22-15-5-3-4-13(18(15)23-2)6-7-17(21)24-10-12-8-14(20)19-16(9-12)25-11-26-19/h3-9H,10-11H2,1-2H3/b7-6+. The Morgan fingerprint density at radius 2 is 2.08 bits per heavy atom. The van der Waals surface area contributed by atoms with E-state index < -0.39 is 5.97 Å². The second-order valence-corrected chi connectivity index (χ2v) is 5.74. The Hall–Kier alpha value is -2.86. The van der Waals surface area contributed by atoms with Crippen LogP contribution in [0.2, 0.25) is 5.02 Å². The van der Waals surface area contributed by atoms with Crippen molar-refractivity contribution >= 4 is 23.6 Å². The highest BCUT2D eigenvalue weighted by Gasteiger charge is 2.18. The van der Waals surface area contributed by atoms with Gasteiger partial charge in [0.2, 0.25) is 6.79 Å². The number of carbonyl (C=O) groups is 1. The van der Waals surface area contributed by atoms with Gasteiger partial charge in [-0.25, -0.2) is 4.79 Å². The van der Waals surface area contributed by atoms with Crippen LogP contribution in [0.3, 0.4) is 0 Å². The molecule has 0 aliphatic carbocycles. The molecule has 0 spiro atoms. The summed E-state index contributed by atoms with van der Waals surface area (Å²) in [5.41, 5.74) is 1.41. The maximum Gasteiger partial charge on any atom is 0.331 e. The minimum absolute atomic E-state index is 0.0643. The SMILES string of the molecule is COc1cccc(/C=C/C(=O)OCc2cc(Cl)c3c(c2)OCO3)c1OC. The molecule has 0 N–H and O–H groups in total. The molecule has 0 bridgehead atoms. The molecule has 26 heavy (non-hydrogen) atoms. The van der Waals surface area contributed by atoms with Crippen molar-refractivity contribution in [3.63, 3.8) is 0 Å². The lowest BCUT2D eigenvalue weighted by Gasteiger charge is -2.09. The van der Waals surface area contributed by atoms with Crippen LogP contribution in [0.25, 0.3) is 6.08 Å². The first-order valence-electron chi connectivity index (χ1n) is 7.76. The van der Waals surface area contributed by atoms with E-state index in [1.807, 2.05) is 6.07 Å². The molecule has 0 fully saturated rings. The Kier molecular flexibility index (Phi) is 5.53. The van der Waals surface area contributed by atoms with E-state index in [4.69, 9.17) is 35.3 Å². The number of methoxy groups -OCH3 is 2. The van der Waals surface area contributed by atoms with Gasteiger partial charge < -0.3 is 23.7 Å². The van der Waals surface area contributed by atoms with Crippen molar-refractivity contribution in [2.75, 3.05) is 21.0 Å². The quantitative estimate of drug-likeness (QED) is 0.563. The van der Waals surface area contributed by atoms with Gasteiger partial charge in [-0.3, -0.25) is 0 Å². The number of esters is 1. The highest BCUT2D eigenvalue weighted by molar-refractivity contribution is 6.32. The van der Waals surface area contributed by atoms with Gasteiger partial charge in [0.15, 0.2) is 23.0 Å². The Bertz CT molecular complexity index is 846. The fraction of sp³-hybridized carbons (Fsp3) is 0.211. The van der Waals surface area contributed by atoms with Crippen LogP contribution in [-0.2, 0) is 16.1 Å². The zero-order valence-corrected chi connectivity index (χ0v) is 15.0. The number of rotatable bonds is 6. The number of fused-ring (bicyclic) bond motifs is 1. The molecule has 2 aromatic carbocycles. The van der Waals surface area contributed by atoms with Crippen LogP contribution in [0.4, 0.5) is 0 Å². The summed E-state index contributed by atoms with van der Waals surface area (Å²) in [7, 11) is 3.09. The smallest absolute Gasteiger partial charge is 0.331 e. The van der Waals surface area contributed by atoms with Gasteiger partial charge in [0.05, 0.1) is 19.2 Å². The first kappa shape index (κ1) is 17.9. The number of hydrogen-bond acceptors (Lipinski definition) is 6. The molecule has 0 atom stereocenters. The first-order valence-corrected chi connectivity index (χ1v) is 8.14. The molecule has 7 heteroatoms. The average molecular weight is 377 g/mol. The summed E-state index contributed by atoms with van der Waals surface area (Å²) in [6.45, 7) is 0.193. The zero-order chi connectivity index (χ0) is 18.5. The molecule has 6 nitrogen and oxygen atoms in total. The fourth-order valence-electron chi connectivity index (χ4n) is 2.51. The van der Waals surface area contributed by atoms with Gasteiger partial charge in [0, 0.05) is 11.6 Å². The lowest BCUT2D eigenvalue weighted by Crippen LogP contribution is -2.01. The monoisotopic (exact) mass is 376 g/mol. The molecule has 2 aromatic rings. The second-order valence-electron chi connectivity index (χ2n) is 5.34. The first-order chi connectivity index (χ1) is 12.6. The third-order valence-electron chi connectivity index (χ3n) is 3.70. The van der Waals surface area contributed by atoms with Crippen molar-refractivity contribution in [3.8, 4) is 23.0 Å². The van der Waals surface area contributed by atoms with Gasteiger partial charge in [0.1, 0.15) is 6.61 Å². The number of halogens is 1. The van der Waals surface area contributed by atoms with Gasteiger partial charge in [-0.2, -0.15) is 0 Å². The van der Waals surface area contributed by atoms with Crippen LogP contribution in [0, 0.1) is 0 Å². The molecule has 1 aliphatic heterocycles. The van der Waals surface area contributed by atoms with Crippen molar-refractivity contribution < 1.29 is 28.5 Å². The van der Waals surface area contributed by atoms with Crippen LogP contribution < -0.4 is 18.9 Å². The number of para-hydroxylation sites is 1. The molecule has 0 radical (unpaired) electrons. The normalized spacial score (nSPS) is 12.3. The number of carbonyl (C=O) groups excluding carboxylic acids is 1. The summed E-state index contributed by atoms with van der Waals surface area (Å²) in [4.78, 5) is 12.0. The summed E-state index contributed by atoms with van der Waals surface area (Å²) >= 11 is 6.11. The predicted octanol–water partition coefficient (Wildman–Crippen LogP) is 3.84. The largest absolute Gasteiger partial charge is 0.493 e. The van der Waals surface area contributed by atoms with Gasteiger partial charge >= 0.3 is 5.97 Å². The van der Waals surface area contributed by atoms with E-state index in [0.29, 0.717) is 39.1 Å². The minimum Gasteiger partial charge on any atom is -0.493 e. The molecule has 0 unspecified atom stereocenters. The van der Waals surface area contributed by atoms with Crippen LogP contribution >= 0.6 is 11.6 Å². The van der Waals surface area contributed by atoms with Crippen LogP contribution in [0.1, 0.15) is 11.1 Å². The molecule has 0 saturated heterocycles. The van der Waals surface area contributed by atoms with Crippen molar-refractivity contribution in [2.45, 2.75) is 6.61 Å². The lowest BCUT2D eigenvalue weighted by molar-refractivity contribution is -0.138. The Morgan fingerprint density at radius 3 is 2.85 bits per heavy atom. The summed E-state index contributed by atoms with van der Waals surface area (Å²) in [5, 5.41) is 0.419. The third-order valence-corrected chi connectivity index (χ3v) is 3.98. The third kappa shape index (κ3) is 3.86. The molecule has 1 heterocycles. The second kappa shape index (κ2) is 8.01. The Labute approximate surface area is 155 Å². The van der Waals surface area contributed by atoms with E-state index in [0.717, 1.165) is 0 Å². The highest BCUT2D eigenvalue weighted by Crippen LogP contribution is 2.40. The topological polar surface area (TPSA) is 63.2 Å². The summed E-state index contributed by atoms with van der Waals surface area (Å²) in [5.74, 6) is 1.68. The van der Waals surface area contributed by atoms with Gasteiger partial charge in [-0.15, -0.1) is 0 Å². The number of hydrogen-bond donors (Lipinski definition) is 0. The van der Waals surface area contributed by atoms with Crippen molar-refractivity contribution in [1.82, 2.24) is 0 Å². The Balaban J connectivity index is 1.65. The molecule has 0 aromatic heterocycles. The lowest BCUT2D eigenvalue weighted by atomic mass is 10.1. The zero-order valence-electron chi connectivity index (χ0n) is 14.3. The van der Waals surface area contributed by atoms with Crippen molar-refractivity contribution in [2.24, 2.45) is 0 Å². The van der Waals surface area contributed by atoms with Crippen molar-refractivity contribution in [1.29, 1.82) is 0 Å². The van der Waals surface area contributed by atoms with Crippen LogP contribution in [-0.4, -0.2) is 27.0 Å². The molecular formula is C19H17ClO6. The van der Waals surface area contributed by atoms with Gasteiger partial charge in [-0.1, -0.05) is 23.7 Å². The number of ether oxygens (including phenoxy) is 5. The molecule has 136 valence electrons. The summed E-state index contributed by atoms with van der Waals surface area (Å²) in [6, 6.07) is 8.80. The molecule has 3 rings (SSSR count). The van der Waals surface area contributed by atoms with Crippen LogP contribution in [0.15, 0.2) is 36.4 Å². The molecule has 0 amide bonds. The summed E-state index contributed by atoms with van der Waals surface area (Å²) < 4.78 is 26.3. The summed E-state index contributed by atoms with van der Waals surface area (Å²) in [6.07, 6.45) is 2.93. The van der Waals surface area contributed by atoms with E-state index in [2.05, 4.69) is 0 Å². The predicted molar refractivity (Wildman–Crippen MR) is 96.0 cm³/mol. The van der Waals surface area contributed by atoms with E-state index in [9.17, 15) is 4.79 Å². The maximum absolute atomic E-state index is 12.0. The number of benzene rings is 2. The van der Waals surface area contributed by atoms with E-state index in [1.165, 1.54) is 13.2 Å². The van der Waals surface area contributed by atoms with Crippen LogP contribution in [0.5, 0.6) is 23.0 Å². The molecule has 1 aliphatic rings. The maximum atomic E-state index is 12.0. The van der Waals surface area contributed by atoms with E-state index in [1.54, 1.807) is 37.5 Å². The Morgan fingerprint density at radius 1 is 1.23 bits per heavy atom. The fourth-order valence-corrected chi connectivity index (χ4v) is 2.80. The van der Waals surface area contributed by atoms with E-state index in [-0.39, 0.29) is 13.4 Å². The highest BCUT2D eigenvalue weighted by atomic mass is 35.5. The molecule has 0 saturated carbocycles. The van der Waals surface area contributed by atoms with Gasteiger partial charge in [-0.05, 0) is 29.8 Å². The minimum atomic E-state index is -0.497. The molecular weight excluding hydrogens is 360 g/mol.